The molecule has 1 aromatic heterocycles. The number of aromatic nitrogens is 1. The maximum Gasteiger partial charge on any atom is 0.335 e. The van der Waals surface area contributed by atoms with Crippen LogP contribution >= 0.6 is 0 Å². The molecule has 2 aromatic carbocycles. The summed E-state index contributed by atoms with van der Waals surface area (Å²) in [4.78, 5) is 16.9. The Kier molecular flexibility index (Phi) is 5.75. The average molecular weight is 425 g/mol. The number of ether oxygens (including phenoxy) is 1. The number of aryl methyl sites for hydroxylation is 1. The predicted molar refractivity (Wildman–Crippen MR) is 120 cm³/mol. The molecule has 0 saturated carbocycles. The van der Waals surface area contributed by atoms with Crippen LogP contribution in [0.4, 0.5) is 4.39 Å². The topological polar surface area (TPSA) is 65.6 Å². The van der Waals surface area contributed by atoms with Crippen molar-refractivity contribution in [3.8, 4) is 5.75 Å². The molecular formula is C25H29FN2O3. The molecule has 6 heteroatoms. The fourth-order valence-electron chi connectivity index (χ4n) is 4.75. The average Bonchev–Trinajstić information content (AvgIpc) is 3.27. The number of likely N-dealkylation sites (tertiary alicyclic amines) is 1. The predicted octanol–water partition coefficient (Wildman–Crippen LogP) is 5.64. The smallest absolute Gasteiger partial charge is 0.335 e. The Morgan fingerprint density at radius 2 is 2.06 bits per heavy atom. The number of aromatic amines is 1. The Morgan fingerprint density at radius 3 is 2.71 bits per heavy atom. The lowest BCUT2D eigenvalue weighted by Crippen LogP contribution is -2.43. The summed E-state index contributed by atoms with van der Waals surface area (Å²) >= 11 is 0. The van der Waals surface area contributed by atoms with Gasteiger partial charge in [-0.3, -0.25) is 4.90 Å². The van der Waals surface area contributed by atoms with Crippen LogP contribution in [-0.4, -0.2) is 40.3 Å². The number of alkyl halides is 1. The van der Waals surface area contributed by atoms with Crippen molar-refractivity contribution in [3.05, 3.63) is 64.8 Å². The highest BCUT2D eigenvalue weighted by Crippen LogP contribution is 2.43. The third kappa shape index (κ3) is 4.04. The van der Waals surface area contributed by atoms with Crippen molar-refractivity contribution in [1.82, 2.24) is 9.88 Å². The molecule has 1 aliphatic rings. The van der Waals surface area contributed by atoms with E-state index in [1.54, 1.807) is 19.2 Å². The van der Waals surface area contributed by atoms with Crippen LogP contribution in [0.3, 0.4) is 0 Å². The highest BCUT2D eigenvalue weighted by atomic mass is 19.1. The molecule has 1 saturated heterocycles. The molecule has 0 radical (unpaired) electrons. The van der Waals surface area contributed by atoms with Crippen molar-refractivity contribution in [2.75, 3.05) is 13.7 Å². The lowest BCUT2D eigenvalue weighted by Gasteiger charge is -2.43. The Balaban J connectivity index is 1.72. The number of rotatable bonds is 6. The molecule has 1 fully saturated rings. The van der Waals surface area contributed by atoms with E-state index in [2.05, 4.69) is 22.9 Å². The standard InChI is InChI=1S/C25H29FN2O3/c1-4-25(26)10-12-28(21(14-25)17-5-7-18(8-6-17)24(29)30)15-20-19-9-11-27-23(19)16(2)13-22(20)31-3/h5-9,11,13,21,27H,4,10,12,14-15H2,1-3H3,(H,29,30). The van der Waals surface area contributed by atoms with Crippen molar-refractivity contribution in [3.63, 3.8) is 0 Å². The summed E-state index contributed by atoms with van der Waals surface area (Å²) in [6, 6.07) is 10.8. The summed E-state index contributed by atoms with van der Waals surface area (Å²) in [5, 5.41) is 10.3. The van der Waals surface area contributed by atoms with Gasteiger partial charge in [-0.05, 0) is 55.2 Å². The molecule has 2 N–H and O–H groups in total. The molecule has 2 unspecified atom stereocenters. The van der Waals surface area contributed by atoms with Gasteiger partial charge in [-0.1, -0.05) is 19.1 Å². The molecule has 5 nitrogen and oxygen atoms in total. The number of hydrogen-bond acceptors (Lipinski definition) is 3. The number of fused-ring (bicyclic) bond motifs is 1. The minimum absolute atomic E-state index is 0.137. The minimum atomic E-state index is -1.21. The number of piperidine rings is 1. The number of aromatic carboxylic acids is 1. The summed E-state index contributed by atoms with van der Waals surface area (Å²) in [6.45, 7) is 5.20. The van der Waals surface area contributed by atoms with E-state index in [1.807, 2.05) is 31.3 Å². The van der Waals surface area contributed by atoms with Crippen molar-refractivity contribution >= 4 is 16.9 Å². The number of carboxylic acids is 1. The number of benzene rings is 2. The maximum atomic E-state index is 15.4. The van der Waals surface area contributed by atoms with Gasteiger partial charge < -0.3 is 14.8 Å². The first kappa shape index (κ1) is 21.4. The van der Waals surface area contributed by atoms with Gasteiger partial charge in [0, 0.05) is 48.2 Å². The molecule has 4 rings (SSSR count). The summed E-state index contributed by atoms with van der Waals surface area (Å²) in [5.41, 5.74) is 3.25. The number of H-pyrrole nitrogens is 1. The van der Waals surface area contributed by atoms with Crippen LogP contribution in [0.25, 0.3) is 10.9 Å². The molecule has 164 valence electrons. The van der Waals surface area contributed by atoms with Crippen LogP contribution < -0.4 is 4.74 Å². The third-order valence-electron chi connectivity index (χ3n) is 6.72. The van der Waals surface area contributed by atoms with Gasteiger partial charge in [0.25, 0.3) is 0 Å². The summed E-state index contributed by atoms with van der Waals surface area (Å²) in [5.74, 6) is -0.128. The zero-order valence-corrected chi connectivity index (χ0v) is 18.2. The van der Waals surface area contributed by atoms with Crippen LogP contribution in [0.1, 0.15) is 59.3 Å². The van der Waals surface area contributed by atoms with E-state index in [1.165, 1.54) is 0 Å². The van der Waals surface area contributed by atoms with Gasteiger partial charge >= 0.3 is 5.97 Å². The van der Waals surface area contributed by atoms with Crippen LogP contribution in [-0.2, 0) is 6.54 Å². The largest absolute Gasteiger partial charge is 0.496 e. The molecule has 0 spiro atoms. The second-order valence-electron chi connectivity index (χ2n) is 8.51. The maximum absolute atomic E-state index is 15.4. The Labute approximate surface area is 181 Å². The SMILES string of the molecule is CCC1(F)CCN(Cc2c(OC)cc(C)c3[nH]ccc23)C(c2ccc(C(=O)O)cc2)C1. The van der Waals surface area contributed by atoms with Crippen molar-refractivity contribution in [2.45, 2.75) is 51.4 Å². The molecule has 2 heterocycles. The van der Waals surface area contributed by atoms with E-state index in [4.69, 9.17) is 4.74 Å². The molecule has 1 aliphatic heterocycles. The van der Waals surface area contributed by atoms with Crippen LogP contribution in [0.5, 0.6) is 5.75 Å². The molecule has 3 aromatic rings. The third-order valence-corrected chi connectivity index (χ3v) is 6.72. The number of nitrogens with zero attached hydrogens (tertiary/aromatic N) is 1. The van der Waals surface area contributed by atoms with Crippen LogP contribution in [0.15, 0.2) is 42.6 Å². The van der Waals surface area contributed by atoms with E-state index >= 15 is 4.39 Å². The molecule has 0 amide bonds. The van der Waals surface area contributed by atoms with Crippen molar-refractivity contribution < 1.29 is 19.0 Å². The van der Waals surface area contributed by atoms with Crippen molar-refractivity contribution in [2.24, 2.45) is 0 Å². The zero-order valence-electron chi connectivity index (χ0n) is 18.2. The number of nitrogens with one attached hydrogen (secondary N) is 1. The number of carbonyl (C=O) groups is 1. The molecule has 0 bridgehead atoms. The molecular weight excluding hydrogens is 395 g/mol. The first-order valence-electron chi connectivity index (χ1n) is 10.7. The van der Waals surface area contributed by atoms with Gasteiger partial charge in [0.2, 0.25) is 0 Å². The quantitative estimate of drug-likeness (QED) is 0.538. The van der Waals surface area contributed by atoms with Gasteiger partial charge in [0.05, 0.1) is 12.7 Å². The van der Waals surface area contributed by atoms with E-state index in [0.717, 1.165) is 33.3 Å². The fraction of sp³-hybridized carbons (Fsp3) is 0.400. The van der Waals surface area contributed by atoms with E-state index in [9.17, 15) is 9.90 Å². The van der Waals surface area contributed by atoms with Crippen LogP contribution in [0.2, 0.25) is 0 Å². The van der Waals surface area contributed by atoms with E-state index in [0.29, 0.717) is 32.4 Å². The van der Waals surface area contributed by atoms with Gasteiger partial charge in [0.1, 0.15) is 11.4 Å². The highest BCUT2D eigenvalue weighted by Gasteiger charge is 2.39. The Hall–Kier alpha value is -2.86. The van der Waals surface area contributed by atoms with Gasteiger partial charge in [-0.25, -0.2) is 9.18 Å². The van der Waals surface area contributed by atoms with Gasteiger partial charge in [-0.2, -0.15) is 0 Å². The molecule has 0 aliphatic carbocycles. The minimum Gasteiger partial charge on any atom is -0.496 e. The van der Waals surface area contributed by atoms with Gasteiger partial charge in [0.15, 0.2) is 0 Å². The van der Waals surface area contributed by atoms with E-state index in [-0.39, 0.29) is 11.6 Å². The second-order valence-corrected chi connectivity index (χ2v) is 8.51. The fourth-order valence-corrected chi connectivity index (χ4v) is 4.75. The lowest BCUT2D eigenvalue weighted by atomic mass is 9.82. The number of halogens is 1. The number of methoxy groups -OCH3 is 1. The molecule has 2 atom stereocenters. The van der Waals surface area contributed by atoms with Gasteiger partial charge in [-0.15, -0.1) is 0 Å². The Bertz CT molecular complexity index is 1090. The lowest BCUT2D eigenvalue weighted by molar-refractivity contribution is 0.00977. The van der Waals surface area contributed by atoms with E-state index < -0.39 is 11.6 Å². The monoisotopic (exact) mass is 424 g/mol. The number of hydrogen-bond donors (Lipinski definition) is 2. The van der Waals surface area contributed by atoms with Crippen molar-refractivity contribution in [1.29, 1.82) is 0 Å². The first-order valence-corrected chi connectivity index (χ1v) is 10.7. The first-order chi connectivity index (χ1) is 14.8. The molecule has 31 heavy (non-hydrogen) atoms. The Morgan fingerprint density at radius 1 is 1.32 bits per heavy atom. The summed E-state index contributed by atoms with van der Waals surface area (Å²) in [6.07, 6.45) is 3.28. The van der Waals surface area contributed by atoms with Crippen LogP contribution in [0, 0.1) is 6.92 Å². The highest BCUT2D eigenvalue weighted by molar-refractivity contribution is 5.88. The summed E-state index contributed by atoms with van der Waals surface area (Å²) in [7, 11) is 1.68. The zero-order chi connectivity index (χ0) is 22.2. The second kappa shape index (κ2) is 8.35. The summed E-state index contributed by atoms with van der Waals surface area (Å²) < 4.78 is 21.1. The normalized spacial score (nSPS) is 22.0. The number of carboxylic acid groups (broad SMARTS) is 1.